The fraction of sp³-hybridized carbons (Fsp3) is 0. The highest BCUT2D eigenvalue weighted by Gasteiger charge is 2.16. The zero-order chi connectivity index (χ0) is 13.9. The Morgan fingerprint density at radius 1 is 1.20 bits per heavy atom. The molecule has 0 saturated heterocycles. The number of hydrogen-bond donors (Lipinski definition) is 2. The van der Waals surface area contributed by atoms with Crippen molar-refractivity contribution >= 4 is 22.6 Å². The Bertz CT molecular complexity index is 720. The summed E-state index contributed by atoms with van der Waals surface area (Å²) in [7, 11) is 0. The first kappa shape index (κ1) is 12.4. The highest BCUT2D eigenvalue weighted by molar-refractivity contribution is 7.19. The first-order valence-electron chi connectivity index (χ1n) is 5.83. The zero-order valence-corrected chi connectivity index (χ0v) is 11.1. The number of carbonyl (C=O) groups is 1. The summed E-state index contributed by atoms with van der Waals surface area (Å²) < 4.78 is 5.09. The number of furan rings is 1. The summed E-state index contributed by atoms with van der Waals surface area (Å²) in [5.41, 5.74) is 2.54. The smallest absolute Gasteiger partial charge is 0.410 e. The van der Waals surface area contributed by atoms with Gasteiger partial charge in [0.25, 0.3) is 0 Å². The number of nitrogens with zero attached hydrogens (tertiary/aromatic N) is 1. The van der Waals surface area contributed by atoms with Crippen molar-refractivity contribution in [3.05, 3.63) is 48.9 Å². The minimum Gasteiger partial charge on any atom is -0.472 e. The van der Waals surface area contributed by atoms with Gasteiger partial charge in [-0.05, 0) is 6.07 Å². The third-order valence-electron chi connectivity index (χ3n) is 2.67. The number of amides is 1. The van der Waals surface area contributed by atoms with Gasteiger partial charge in [-0.25, -0.2) is 9.78 Å². The van der Waals surface area contributed by atoms with Crippen LogP contribution in [0, 0.1) is 0 Å². The van der Waals surface area contributed by atoms with Crippen LogP contribution in [0.2, 0.25) is 0 Å². The highest BCUT2D eigenvalue weighted by atomic mass is 32.1. The molecule has 0 fully saturated rings. The van der Waals surface area contributed by atoms with Gasteiger partial charge >= 0.3 is 6.09 Å². The first-order valence-corrected chi connectivity index (χ1v) is 6.64. The fourth-order valence-electron chi connectivity index (χ4n) is 1.85. The quantitative estimate of drug-likeness (QED) is 0.758. The van der Waals surface area contributed by atoms with Crippen LogP contribution in [0.4, 0.5) is 9.93 Å². The Morgan fingerprint density at radius 3 is 2.65 bits per heavy atom. The van der Waals surface area contributed by atoms with Gasteiger partial charge in [0.15, 0.2) is 5.13 Å². The molecule has 0 saturated carbocycles. The van der Waals surface area contributed by atoms with Crippen LogP contribution in [0.5, 0.6) is 0 Å². The molecule has 5 nitrogen and oxygen atoms in total. The van der Waals surface area contributed by atoms with Crippen LogP contribution in [-0.4, -0.2) is 16.2 Å². The second kappa shape index (κ2) is 5.18. The van der Waals surface area contributed by atoms with E-state index in [1.54, 1.807) is 12.5 Å². The van der Waals surface area contributed by atoms with E-state index in [0.717, 1.165) is 21.7 Å². The maximum absolute atomic E-state index is 10.7. The molecular weight excluding hydrogens is 276 g/mol. The number of aromatic nitrogens is 1. The number of hydrogen-bond acceptors (Lipinski definition) is 4. The van der Waals surface area contributed by atoms with E-state index in [1.807, 2.05) is 36.4 Å². The molecular formula is C14H10N2O3S. The molecule has 0 aliphatic heterocycles. The van der Waals surface area contributed by atoms with Gasteiger partial charge in [0, 0.05) is 11.1 Å². The van der Waals surface area contributed by atoms with Gasteiger partial charge in [0.05, 0.1) is 23.1 Å². The summed E-state index contributed by atoms with van der Waals surface area (Å²) in [6.45, 7) is 0. The van der Waals surface area contributed by atoms with Crippen LogP contribution >= 0.6 is 11.3 Å². The van der Waals surface area contributed by atoms with Gasteiger partial charge in [-0.1, -0.05) is 41.7 Å². The van der Waals surface area contributed by atoms with Gasteiger partial charge < -0.3 is 9.52 Å². The van der Waals surface area contributed by atoms with E-state index in [2.05, 4.69) is 10.3 Å². The molecule has 0 aliphatic rings. The fourth-order valence-corrected chi connectivity index (χ4v) is 2.81. The molecule has 1 aromatic carbocycles. The molecule has 2 aromatic heterocycles. The summed E-state index contributed by atoms with van der Waals surface area (Å²) in [5, 5.41) is 11.4. The number of anilines is 1. The summed E-state index contributed by atoms with van der Waals surface area (Å²) in [6.07, 6.45) is 2.07. The Balaban J connectivity index is 2.11. The van der Waals surface area contributed by atoms with Crippen molar-refractivity contribution in [2.45, 2.75) is 0 Å². The Labute approximate surface area is 118 Å². The van der Waals surface area contributed by atoms with Crippen LogP contribution in [0.3, 0.4) is 0 Å². The predicted octanol–water partition coefficient (Wildman–Crippen LogP) is 4.16. The second-order valence-corrected chi connectivity index (χ2v) is 5.00. The second-order valence-electron chi connectivity index (χ2n) is 4.00. The van der Waals surface area contributed by atoms with Gasteiger partial charge in [0.2, 0.25) is 0 Å². The van der Waals surface area contributed by atoms with E-state index >= 15 is 0 Å². The molecule has 20 heavy (non-hydrogen) atoms. The molecule has 0 unspecified atom stereocenters. The van der Waals surface area contributed by atoms with Crippen LogP contribution < -0.4 is 5.32 Å². The largest absolute Gasteiger partial charge is 0.472 e. The lowest BCUT2D eigenvalue weighted by Crippen LogP contribution is -2.06. The summed E-state index contributed by atoms with van der Waals surface area (Å²) in [5.74, 6) is 0. The first-order chi connectivity index (χ1) is 9.74. The zero-order valence-electron chi connectivity index (χ0n) is 10.2. The molecule has 0 aliphatic carbocycles. The molecule has 0 atom stereocenters. The lowest BCUT2D eigenvalue weighted by molar-refractivity contribution is 0.209. The third kappa shape index (κ3) is 2.41. The number of rotatable bonds is 3. The maximum Gasteiger partial charge on any atom is 0.410 e. The van der Waals surface area contributed by atoms with Crippen molar-refractivity contribution < 1.29 is 14.3 Å². The summed E-state index contributed by atoms with van der Waals surface area (Å²) >= 11 is 1.28. The number of thiazole rings is 1. The van der Waals surface area contributed by atoms with Gasteiger partial charge in [-0.3, -0.25) is 5.32 Å². The predicted molar refractivity (Wildman–Crippen MR) is 76.9 cm³/mol. The van der Waals surface area contributed by atoms with Crippen LogP contribution in [0.15, 0.2) is 53.3 Å². The maximum atomic E-state index is 10.7. The van der Waals surface area contributed by atoms with E-state index in [9.17, 15) is 4.79 Å². The molecule has 100 valence electrons. The molecule has 6 heteroatoms. The Morgan fingerprint density at radius 2 is 2.00 bits per heavy atom. The van der Waals surface area contributed by atoms with Crippen molar-refractivity contribution in [2.75, 3.05) is 5.32 Å². The summed E-state index contributed by atoms with van der Waals surface area (Å²) in [4.78, 5) is 16.0. The van der Waals surface area contributed by atoms with E-state index in [1.165, 1.54) is 11.3 Å². The third-order valence-corrected chi connectivity index (χ3v) is 3.69. The highest BCUT2D eigenvalue weighted by Crippen LogP contribution is 2.39. The number of nitrogens with one attached hydrogen (secondary N) is 1. The minimum atomic E-state index is -1.13. The van der Waals surface area contributed by atoms with Crippen molar-refractivity contribution in [3.63, 3.8) is 0 Å². The van der Waals surface area contributed by atoms with Gasteiger partial charge in [-0.2, -0.15) is 0 Å². The lowest BCUT2D eigenvalue weighted by Gasteiger charge is -1.99. The van der Waals surface area contributed by atoms with E-state index in [4.69, 9.17) is 9.52 Å². The molecule has 2 heterocycles. The number of benzene rings is 1. The lowest BCUT2D eigenvalue weighted by atomic mass is 10.1. The molecule has 2 N–H and O–H groups in total. The molecule has 1 amide bonds. The van der Waals surface area contributed by atoms with E-state index in [0.29, 0.717) is 5.13 Å². The van der Waals surface area contributed by atoms with E-state index < -0.39 is 6.09 Å². The average Bonchev–Trinajstić information content (AvgIpc) is 3.07. The van der Waals surface area contributed by atoms with Crippen LogP contribution in [0.25, 0.3) is 21.7 Å². The molecule has 3 rings (SSSR count). The van der Waals surface area contributed by atoms with E-state index in [-0.39, 0.29) is 0 Å². The molecule has 0 radical (unpaired) electrons. The standard InChI is InChI=1S/C14H10N2O3S/c17-14(18)16-13-15-11(9-4-2-1-3-5-9)12(20-13)10-6-7-19-8-10/h1-8H,(H,15,16)(H,17,18). The minimum absolute atomic E-state index is 0.340. The summed E-state index contributed by atoms with van der Waals surface area (Å²) in [6, 6.07) is 11.4. The molecule has 0 bridgehead atoms. The van der Waals surface area contributed by atoms with Crippen molar-refractivity contribution in [1.29, 1.82) is 0 Å². The van der Waals surface area contributed by atoms with Crippen molar-refractivity contribution in [3.8, 4) is 21.7 Å². The van der Waals surface area contributed by atoms with Crippen LogP contribution in [0.1, 0.15) is 0 Å². The monoisotopic (exact) mass is 286 g/mol. The van der Waals surface area contributed by atoms with Crippen LogP contribution in [-0.2, 0) is 0 Å². The van der Waals surface area contributed by atoms with Gasteiger partial charge in [-0.15, -0.1) is 0 Å². The van der Waals surface area contributed by atoms with Gasteiger partial charge in [0.1, 0.15) is 0 Å². The van der Waals surface area contributed by atoms with Crippen molar-refractivity contribution in [1.82, 2.24) is 4.98 Å². The normalized spacial score (nSPS) is 10.4. The SMILES string of the molecule is O=C(O)Nc1nc(-c2ccccc2)c(-c2ccoc2)s1. The topological polar surface area (TPSA) is 75.4 Å². The molecule has 3 aromatic rings. The molecule has 0 spiro atoms. The Kier molecular flexibility index (Phi) is 3.22. The number of carboxylic acid groups (broad SMARTS) is 1. The van der Waals surface area contributed by atoms with Crippen molar-refractivity contribution in [2.24, 2.45) is 0 Å². The Hall–Kier alpha value is -2.60. The average molecular weight is 286 g/mol.